The third kappa shape index (κ3) is 3.94. The topological polar surface area (TPSA) is 56.3 Å². The molecule has 0 fully saturated rings. The van der Waals surface area contributed by atoms with Gasteiger partial charge in [0.1, 0.15) is 5.01 Å². The van der Waals surface area contributed by atoms with Gasteiger partial charge in [-0.25, -0.2) is 9.78 Å². The smallest absolute Gasteiger partial charge is 0.358 e. The van der Waals surface area contributed by atoms with Crippen molar-refractivity contribution in [1.82, 2.24) is 4.98 Å². The van der Waals surface area contributed by atoms with Crippen LogP contribution < -0.4 is 0 Å². The van der Waals surface area contributed by atoms with Crippen LogP contribution in [0.2, 0.25) is 5.02 Å². The Bertz CT molecular complexity index is 1030. The van der Waals surface area contributed by atoms with E-state index in [1.807, 2.05) is 24.3 Å². The molecule has 136 valence electrons. The van der Waals surface area contributed by atoms with Gasteiger partial charge >= 0.3 is 5.97 Å². The fraction of sp³-hybridized carbons (Fsp3) is 0.190. The minimum atomic E-state index is -0.603. The molecule has 27 heavy (non-hydrogen) atoms. The summed E-state index contributed by atoms with van der Waals surface area (Å²) < 4.78 is 5.17. The molecule has 0 saturated heterocycles. The van der Waals surface area contributed by atoms with Gasteiger partial charge < -0.3 is 4.74 Å². The Labute approximate surface area is 165 Å². The standard InChI is InChI=1S/C21H16ClNO3S/c22-17-6-2-5-16(10-17)20-23-18(12-27-20)21(25)26-11-19(24)15-8-7-13-3-1-4-14(13)9-15/h2,5-10,12H,1,3-4,11H2. The van der Waals surface area contributed by atoms with Crippen molar-refractivity contribution < 1.29 is 14.3 Å². The van der Waals surface area contributed by atoms with Gasteiger partial charge in [0.25, 0.3) is 0 Å². The number of carbonyl (C=O) groups excluding carboxylic acids is 2. The number of esters is 1. The molecule has 0 bridgehead atoms. The third-order valence-electron chi connectivity index (χ3n) is 4.54. The quantitative estimate of drug-likeness (QED) is 0.449. The Balaban J connectivity index is 1.40. The van der Waals surface area contributed by atoms with Crippen molar-refractivity contribution in [2.75, 3.05) is 6.61 Å². The summed E-state index contributed by atoms with van der Waals surface area (Å²) in [5, 5.41) is 2.90. The number of ketones is 1. The zero-order chi connectivity index (χ0) is 18.8. The van der Waals surface area contributed by atoms with Crippen molar-refractivity contribution in [3.63, 3.8) is 0 Å². The summed E-state index contributed by atoms with van der Waals surface area (Å²) in [5.74, 6) is -0.808. The number of thiazole rings is 1. The number of ether oxygens (including phenoxy) is 1. The van der Waals surface area contributed by atoms with Crippen LogP contribution in [0.5, 0.6) is 0 Å². The first-order chi connectivity index (χ1) is 13.1. The Morgan fingerprint density at radius 2 is 1.96 bits per heavy atom. The van der Waals surface area contributed by atoms with E-state index in [9.17, 15) is 9.59 Å². The monoisotopic (exact) mass is 397 g/mol. The van der Waals surface area contributed by atoms with Gasteiger partial charge in [-0.1, -0.05) is 35.9 Å². The third-order valence-corrected chi connectivity index (χ3v) is 5.67. The number of aromatic nitrogens is 1. The van der Waals surface area contributed by atoms with Crippen molar-refractivity contribution >= 4 is 34.7 Å². The molecule has 1 aromatic heterocycles. The number of halogens is 1. The molecule has 0 spiro atoms. The van der Waals surface area contributed by atoms with E-state index in [1.54, 1.807) is 23.6 Å². The van der Waals surface area contributed by atoms with E-state index in [0.717, 1.165) is 24.8 Å². The minimum Gasteiger partial charge on any atom is -0.453 e. The van der Waals surface area contributed by atoms with Gasteiger partial charge in [0.15, 0.2) is 18.1 Å². The summed E-state index contributed by atoms with van der Waals surface area (Å²) in [6, 6.07) is 13.0. The molecule has 3 aromatic rings. The first-order valence-electron chi connectivity index (χ1n) is 8.64. The molecule has 2 aromatic carbocycles. The van der Waals surface area contributed by atoms with Crippen LogP contribution in [0.25, 0.3) is 10.6 Å². The van der Waals surface area contributed by atoms with Gasteiger partial charge in [-0.2, -0.15) is 0 Å². The lowest BCUT2D eigenvalue weighted by Gasteiger charge is -2.05. The maximum absolute atomic E-state index is 12.3. The lowest BCUT2D eigenvalue weighted by molar-refractivity contribution is 0.0470. The zero-order valence-corrected chi connectivity index (χ0v) is 16.0. The lowest BCUT2D eigenvalue weighted by Crippen LogP contribution is -2.14. The van der Waals surface area contributed by atoms with Crippen LogP contribution in [0.1, 0.15) is 38.4 Å². The Kier molecular flexibility index (Phi) is 5.05. The lowest BCUT2D eigenvalue weighted by atomic mass is 10.0. The van der Waals surface area contributed by atoms with Gasteiger partial charge in [0, 0.05) is 21.5 Å². The number of aryl methyl sites for hydroxylation is 2. The average molecular weight is 398 g/mol. The number of benzene rings is 2. The summed E-state index contributed by atoms with van der Waals surface area (Å²) in [7, 11) is 0. The molecule has 4 rings (SSSR count). The second-order valence-electron chi connectivity index (χ2n) is 6.38. The number of fused-ring (bicyclic) bond motifs is 1. The molecule has 1 aliphatic rings. The van der Waals surface area contributed by atoms with Crippen molar-refractivity contribution in [3.05, 3.63) is 75.3 Å². The van der Waals surface area contributed by atoms with Gasteiger partial charge in [0.2, 0.25) is 0 Å². The van der Waals surface area contributed by atoms with Crippen LogP contribution in [0, 0.1) is 0 Å². The SMILES string of the molecule is O=C(COC(=O)c1csc(-c2cccc(Cl)c2)n1)c1ccc2c(c1)CCC2. The molecule has 0 N–H and O–H groups in total. The first kappa shape index (κ1) is 17.9. The summed E-state index contributed by atoms with van der Waals surface area (Å²) in [6.07, 6.45) is 3.19. The molecule has 1 heterocycles. The Morgan fingerprint density at radius 1 is 1.11 bits per heavy atom. The van der Waals surface area contributed by atoms with E-state index in [1.165, 1.54) is 22.5 Å². The first-order valence-corrected chi connectivity index (χ1v) is 9.89. The highest BCUT2D eigenvalue weighted by molar-refractivity contribution is 7.13. The highest BCUT2D eigenvalue weighted by Crippen LogP contribution is 2.26. The predicted octanol–water partition coefficient (Wildman–Crippen LogP) is 4.99. The Morgan fingerprint density at radius 3 is 2.81 bits per heavy atom. The molecule has 0 amide bonds. The Hall–Kier alpha value is -2.50. The van der Waals surface area contributed by atoms with Gasteiger partial charge in [-0.15, -0.1) is 11.3 Å². The van der Waals surface area contributed by atoms with Crippen molar-refractivity contribution in [2.24, 2.45) is 0 Å². The van der Waals surface area contributed by atoms with Crippen LogP contribution in [0.4, 0.5) is 0 Å². The van der Waals surface area contributed by atoms with Gasteiger partial charge in [0.05, 0.1) is 0 Å². The van der Waals surface area contributed by atoms with E-state index < -0.39 is 5.97 Å². The predicted molar refractivity (Wildman–Crippen MR) is 106 cm³/mol. The maximum atomic E-state index is 12.3. The van der Waals surface area contributed by atoms with Gasteiger partial charge in [-0.3, -0.25) is 4.79 Å². The van der Waals surface area contributed by atoms with Crippen LogP contribution in [0.3, 0.4) is 0 Å². The van der Waals surface area contributed by atoms with E-state index in [-0.39, 0.29) is 18.1 Å². The molecule has 4 nitrogen and oxygen atoms in total. The highest BCUT2D eigenvalue weighted by atomic mass is 35.5. The minimum absolute atomic E-state index is 0.191. The molecular weight excluding hydrogens is 382 g/mol. The molecular formula is C21H16ClNO3S. The van der Waals surface area contributed by atoms with E-state index in [0.29, 0.717) is 15.6 Å². The second-order valence-corrected chi connectivity index (χ2v) is 7.68. The number of hydrogen-bond acceptors (Lipinski definition) is 5. The highest BCUT2D eigenvalue weighted by Gasteiger charge is 2.18. The molecule has 0 atom stereocenters. The van der Waals surface area contributed by atoms with Crippen LogP contribution in [0.15, 0.2) is 47.8 Å². The second kappa shape index (κ2) is 7.62. The normalized spacial score (nSPS) is 12.6. The number of rotatable bonds is 5. The zero-order valence-electron chi connectivity index (χ0n) is 14.4. The summed E-state index contributed by atoms with van der Waals surface area (Å²) in [5.41, 5.74) is 4.14. The number of nitrogens with zero attached hydrogens (tertiary/aromatic N) is 1. The van der Waals surface area contributed by atoms with Crippen molar-refractivity contribution in [2.45, 2.75) is 19.3 Å². The van der Waals surface area contributed by atoms with E-state index >= 15 is 0 Å². The van der Waals surface area contributed by atoms with Crippen molar-refractivity contribution in [3.8, 4) is 10.6 Å². The maximum Gasteiger partial charge on any atom is 0.358 e. The van der Waals surface area contributed by atoms with Crippen molar-refractivity contribution in [1.29, 1.82) is 0 Å². The van der Waals surface area contributed by atoms with Crippen LogP contribution in [-0.2, 0) is 17.6 Å². The molecule has 0 saturated carbocycles. The fourth-order valence-corrected chi connectivity index (χ4v) is 4.13. The van der Waals surface area contributed by atoms with E-state index in [4.69, 9.17) is 16.3 Å². The fourth-order valence-electron chi connectivity index (χ4n) is 3.16. The van der Waals surface area contributed by atoms with E-state index in [2.05, 4.69) is 4.98 Å². The average Bonchev–Trinajstić information content (AvgIpc) is 3.34. The summed E-state index contributed by atoms with van der Waals surface area (Å²) in [4.78, 5) is 28.9. The molecule has 1 aliphatic carbocycles. The molecule has 0 aliphatic heterocycles. The van der Waals surface area contributed by atoms with Gasteiger partial charge in [-0.05, 0) is 48.6 Å². The summed E-state index contributed by atoms with van der Waals surface area (Å²) in [6.45, 7) is -0.290. The van der Waals surface area contributed by atoms with Crippen LogP contribution in [-0.4, -0.2) is 23.3 Å². The molecule has 0 unspecified atom stereocenters. The number of hydrogen-bond donors (Lipinski definition) is 0. The van der Waals surface area contributed by atoms with Crippen LogP contribution >= 0.6 is 22.9 Å². The molecule has 0 radical (unpaired) electrons. The summed E-state index contributed by atoms with van der Waals surface area (Å²) >= 11 is 7.32. The number of Topliss-reactive ketones (excluding diaryl/α,β-unsaturated/α-hetero) is 1. The molecule has 6 heteroatoms. The largest absolute Gasteiger partial charge is 0.453 e. The number of carbonyl (C=O) groups is 2.